The van der Waals surface area contributed by atoms with Crippen LogP contribution in [-0.4, -0.2) is 53.5 Å². The van der Waals surface area contributed by atoms with E-state index in [-0.39, 0.29) is 45.5 Å². The molecular formula is C25H19ClF7N7O2. The summed E-state index contributed by atoms with van der Waals surface area (Å²) in [5.41, 5.74) is -0.461. The fraction of sp³-hybridized carbons (Fsp3) is 0.280. The number of benzene rings is 1. The predicted octanol–water partition coefficient (Wildman–Crippen LogP) is 5.92. The van der Waals surface area contributed by atoms with Crippen molar-refractivity contribution in [1.82, 2.24) is 29.8 Å². The summed E-state index contributed by atoms with van der Waals surface area (Å²) in [6.45, 7) is 4.13. The zero-order chi connectivity index (χ0) is 31.2. The average Bonchev–Trinajstić information content (AvgIpc) is 3.53. The van der Waals surface area contributed by atoms with E-state index in [0.29, 0.717) is 10.4 Å². The van der Waals surface area contributed by atoms with E-state index in [4.69, 9.17) is 11.6 Å². The van der Waals surface area contributed by atoms with Crippen molar-refractivity contribution in [3.05, 3.63) is 81.5 Å². The summed E-state index contributed by atoms with van der Waals surface area (Å²) in [6, 6.07) is 7.41. The predicted molar refractivity (Wildman–Crippen MR) is 134 cm³/mol. The van der Waals surface area contributed by atoms with Gasteiger partial charge in [0.05, 0.1) is 22.6 Å². The highest BCUT2D eigenvalue weighted by Gasteiger charge is 2.74. The van der Waals surface area contributed by atoms with E-state index in [2.05, 4.69) is 25.6 Å². The molecule has 17 heteroatoms. The maximum Gasteiger partial charge on any atom is 0.460 e. The highest BCUT2D eigenvalue weighted by molar-refractivity contribution is 6.32. The Morgan fingerprint density at radius 3 is 2.33 bits per heavy atom. The third kappa shape index (κ3) is 5.57. The molecule has 1 aromatic carbocycles. The van der Waals surface area contributed by atoms with Crippen molar-refractivity contribution in [2.24, 2.45) is 0 Å². The van der Waals surface area contributed by atoms with E-state index in [9.17, 15) is 40.3 Å². The Hall–Kier alpha value is -4.34. The number of carbonyl (C=O) groups is 2. The van der Waals surface area contributed by atoms with Gasteiger partial charge in [-0.05, 0) is 56.2 Å². The number of hydrogen-bond donors (Lipinski definition) is 1. The summed E-state index contributed by atoms with van der Waals surface area (Å²) in [5, 5.41) is 13.3. The molecule has 1 N–H and O–H groups in total. The molecule has 0 saturated carbocycles. The molecule has 0 aliphatic heterocycles. The van der Waals surface area contributed by atoms with Gasteiger partial charge in [-0.1, -0.05) is 17.7 Å². The Bertz CT molecular complexity index is 1680. The molecule has 3 heterocycles. The van der Waals surface area contributed by atoms with Gasteiger partial charge in [0.1, 0.15) is 12.2 Å². The zero-order valence-corrected chi connectivity index (χ0v) is 22.5. The van der Waals surface area contributed by atoms with Crippen LogP contribution < -0.4 is 5.32 Å². The fourth-order valence-corrected chi connectivity index (χ4v) is 4.16. The number of Topliss-reactive ketones (excluding diaryl/α,β-unsaturated/α-hetero) is 1. The molecule has 0 saturated heterocycles. The van der Waals surface area contributed by atoms with Crippen molar-refractivity contribution in [3.8, 4) is 5.82 Å². The first kappa shape index (κ1) is 30.6. The van der Waals surface area contributed by atoms with Gasteiger partial charge in [-0.15, -0.1) is 0 Å². The number of anilines is 1. The number of carbonyl (C=O) groups excluding carboxylic acids is 2. The van der Waals surface area contributed by atoms with Gasteiger partial charge < -0.3 is 5.32 Å². The summed E-state index contributed by atoms with van der Waals surface area (Å²) < 4.78 is 93.8. The molecule has 0 radical (unpaired) electrons. The molecule has 0 fully saturated rings. The SMILES string of the molecule is CC(=O)c1cc(C)cc(C)c1NC(=O)c1cc(Cn2ncc(C(F)(F)C(F)(F)C(F)(F)F)n2)nn1-c1ncccc1Cl. The number of nitrogens with one attached hydrogen (secondary N) is 1. The molecule has 0 spiro atoms. The zero-order valence-electron chi connectivity index (χ0n) is 21.8. The van der Waals surface area contributed by atoms with E-state index in [1.54, 1.807) is 26.0 Å². The van der Waals surface area contributed by atoms with Gasteiger partial charge in [-0.25, -0.2) is 9.67 Å². The third-order valence-electron chi connectivity index (χ3n) is 5.94. The molecule has 4 rings (SSSR count). The topological polar surface area (TPSA) is 108 Å². The molecule has 0 aliphatic rings. The minimum atomic E-state index is -6.55. The van der Waals surface area contributed by atoms with Crippen molar-refractivity contribution >= 4 is 29.0 Å². The average molecular weight is 618 g/mol. The maximum absolute atomic E-state index is 14.1. The lowest BCUT2D eigenvalue weighted by Crippen LogP contribution is -2.50. The molecule has 4 aromatic rings. The standard InChI is InChI=1S/C25H19ClF7N7O2/c1-12-7-13(2)20(16(8-12)14(3)41)36-22(42)18-9-15(37-40(18)21-17(26)5-4-6-34-21)11-39-35-10-19(38-39)23(27,28)24(29,30)25(31,32)33/h4-10H,11H2,1-3H3,(H,36,42). The van der Waals surface area contributed by atoms with Crippen LogP contribution in [0.5, 0.6) is 0 Å². The van der Waals surface area contributed by atoms with Gasteiger partial charge in [0, 0.05) is 11.8 Å². The number of aromatic nitrogens is 6. The highest BCUT2D eigenvalue weighted by atomic mass is 35.5. The number of ketones is 1. The van der Waals surface area contributed by atoms with Crippen molar-refractivity contribution in [3.63, 3.8) is 0 Å². The molecule has 1 amide bonds. The van der Waals surface area contributed by atoms with E-state index >= 15 is 0 Å². The molecule has 0 unspecified atom stereocenters. The summed E-state index contributed by atoms with van der Waals surface area (Å²) in [4.78, 5) is 30.2. The Balaban J connectivity index is 1.73. The van der Waals surface area contributed by atoms with Crippen LogP contribution in [0, 0.1) is 13.8 Å². The van der Waals surface area contributed by atoms with Gasteiger partial charge in [0.15, 0.2) is 17.3 Å². The molecule has 0 bridgehead atoms. The second-order valence-corrected chi connectivity index (χ2v) is 9.57. The summed E-state index contributed by atoms with van der Waals surface area (Å²) in [5.74, 6) is -13.3. The van der Waals surface area contributed by atoms with Gasteiger partial charge in [-0.3, -0.25) is 9.59 Å². The van der Waals surface area contributed by atoms with E-state index in [1.165, 1.54) is 25.3 Å². The van der Waals surface area contributed by atoms with Crippen LogP contribution in [0.4, 0.5) is 36.4 Å². The van der Waals surface area contributed by atoms with Crippen LogP contribution in [0.15, 0.2) is 42.7 Å². The number of rotatable bonds is 8. The largest absolute Gasteiger partial charge is 0.460 e. The van der Waals surface area contributed by atoms with Crippen molar-refractivity contribution < 1.29 is 40.3 Å². The Morgan fingerprint density at radius 1 is 1.02 bits per heavy atom. The van der Waals surface area contributed by atoms with Crippen molar-refractivity contribution in [1.29, 1.82) is 0 Å². The lowest BCUT2D eigenvalue weighted by Gasteiger charge is -2.26. The smallest absolute Gasteiger partial charge is 0.320 e. The quantitative estimate of drug-likeness (QED) is 0.194. The summed E-state index contributed by atoms with van der Waals surface area (Å²) in [7, 11) is 0. The molecule has 0 aliphatic carbocycles. The van der Waals surface area contributed by atoms with Crippen LogP contribution in [0.1, 0.15) is 50.3 Å². The Morgan fingerprint density at radius 2 is 1.71 bits per heavy atom. The van der Waals surface area contributed by atoms with Crippen LogP contribution in [0.3, 0.4) is 0 Å². The van der Waals surface area contributed by atoms with E-state index in [1.807, 2.05) is 0 Å². The molecule has 9 nitrogen and oxygen atoms in total. The first-order valence-electron chi connectivity index (χ1n) is 11.8. The second kappa shape index (κ2) is 10.8. The lowest BCUT2D eigenvalue weighted by molar-refractivity contribution is -0.360. The van der Waals surface area contributed by atoms with E-state index in [0.717, 1.165) is 16.3 Å². The van der Waals surface area contributed by atoms with E-state index < -0.39 is 36.2 Å². The van der Waals surface area contributed by atoms with Gasteiger partial charge in [0.2, 0.25) is 0 Å². The first-order chi connectivity index (χ1) is 19.4. The molecule has 3 aromatic heterocycles. The minimum absolute atomic E-state index is 0.0338. The Labute approximate surface area is 237 Å². The van der Waals surface area contributed by atoms with Gasteiger partial charge in [-0.2, -0.15) is 50.8 Å². The number of nitrogens with zero attached hydrogens (tertiary/aromatic N) is 6. The van der Waals surface area contributed by atoms with Crippen molar-refractivity contribution in [2.45, 2.75) is 45.3 Å². The van der Waals surface area contributed by atoms with Crippen molar-refractivity contribution in [2.75, 3.05) is 5.32 Å². The normalized spacial score (nSPS) is 12.5. The van der Waals surface area contributed by atoms with Gasteiger partial charge >= 0.3 is 18.0 Å². The molecular weight excluding hydrogens is 599 g/mol. The summed E-state index contributed by atoms with van der Waals surface area (Å²) in [6.07, 6.45) is -5.14. The number of halogens is 8. The molecule has 222 valence electrons. The summed E-state index contributed by atoms with van der Waals surface area (Å²) >= 11 is 6.23. The van der Waals surface area contributed by atoms with Crippen LogP contribution in [-0.2, 0) is 12.5 Å². The monoisotopic (exact) mass is 617 g/mol. The minimum Gasteiger partial charge on any atom is -0.320 e. The molecule has 42 heavy (non-hydrogen) atoms. The van der Waals surface area contributed by atoms with Crippen LogP contribution in [0.2, 0.25) is 5.02 Å². The van der Waals surface area contributed by atoms with Crippen LogP contribution >= 0.6 is 11.6 Å². The first-order valence-corrected chi connectivity index (χ1v) is 12.2. The Kier molecular flexibility index (Phi) is 7.88. The molecule has 0 atom stereocenters. The second-order valence-electron chi connectivity index (χ2n) is 9.16. The number of hydrogen-bond acceptors (Lipinski definition) is 6. The maximum atomic E-state index is 14.1. The number of aryl methyl sites for hydroxylation is 2. The van der Waals surface area contributed by atoms with Gasteiger partial charge in [0.25, 0.3) is 5.91 Å². The number of amides is 1. The fourth-order valence-electron chi connectivity index (χ4n) is 3.95. The van der Waals surface area contributed by atoms with Crippen LogP contribution in [0.25, 0.3) is 5.82 Å². The number of alkyl halides is 7. The number of pyridine rings is 1. The lowest BCUT2D eigenvalue weighted by atomic mass is 10.0. The third-order valence-corrected chi connectivity index (χ3v) is 6.24. The highest BCUT2D eigenvalue weighted by Crippen LogP contribution is 2.51.